The molecule has 2 aliphatic carbocycles. The molecule has 2 atom stereocenters. The molecule has 2 aromatic rings. The number of aliphatic carboxylic acids is 1. The van der Waals surface area contributed by atoms with Gasteiger partial charge >= 0.3 is 12.1 Å². The molecule has 166 valence electrons. The quantitative estimate of drug-likeness (QED) is 0.728. The fraction of sp³-hybridized carbons (Fsp3) is 0.400. The van der Waals surface area contributed by atoms with Gasteiger partial charge in [-0.15, -0.1) is 0 Å². The zero-order chi connectivity index (χ0) is 22.2. The number of nitrogens with zero attached hydrogens (tertiary/aromatic N) is 1. The van der Waals surface area contributed by atoms with E-state index in [4.69, 9.17) is 4.74 Å². The third-order valence-corrected chi connectivity index (χ3v) is 6.83. The van der Waals surface area contributed by atoms with Crippen molar-refractivity contribution in [3.05, 3.63) is 59.7 Å². The van der Waals surface area contributed by atoms with E-state index in [9.17, 15) is 19.5 Å². The number of alkyl carbamates (subject to hydrolysis) is 1. The molecule has 32 heavy (non-hydrogen) atoms. The third-order valence-electron chi connectivity index (χ3n) is 6.83. The molecule has 3 aliphatic rings. The Morgan fingerprint density at radius 3 is 2.19 bits per heavy atom. The molecule has 7 nitrogen and oxygen atoms in total. The maximum Gasteiger partial charge on any atom is 0.407 e. The Kier molecular flexibility index (Phi) is 5.33. The molecular formula is C25H26N2O5. The van der Waals surface area contributed by atoms with Gasteiger partial charge in [-0.05, 0) is 47.4 Å². The van der Waals surface area contributed by atoms with Crippen LogP contribution in [0.5, 0.6) is 0 Å². The number of likely N-dealkylation sites (tertiary alicyclic amines) is 1. The topological polar surface area (TPSA) is 95.9 Å². The molecule has 2 N–H and O–H groups in total. The third kappa shape index (κ3) is 3.83. The van der Waals surface area contributed by atoms with Crippen LogP contribution in [0.15, 0.2) is 48.5 Å². The Morgan fingerprint density at radius 2 is 1.62 bits per heavy atom. The molecule has 0 aromatic heterocycles. The fourth-order valence-corrected chi connectivity index (χ4v) is 4.94. The van der Waals surface area contributed by atoms with Gasteiger partial charge in [-0.2, -0.15) is 0 Å². The van der Waals surface area contributed by atoms with Crippen molar-refractivity contribution in [1.29, 1.82) is 0 Å². The Balaban J connectivity index is 1.24. The first-order valence-corrected chi connectivity index (χ1v) is 11.2. The van der Waals surface area contributed by atoms with Gasteiger partial charge in [0, 0.05) is 19.0 Å². The number of carbonyl (C=O) groups excluding carboxylic acids is 2. The van der Waals surface area contributed by atoms with Crippen LogP contribution < -0.4 is 5.32 Å². The van der Waals surface area contributed by atoms with Crippen LogP contribution in [-0.4, -0.2) is 53.7 Å². The van der Waals surface area contributed by atoms with Crippen LogP contribution in [0.2, 0.25) is 0 Å². The smallest absolute Gasteiger partial charge is 0.407 e. The van der Waals surface area contributed by atoms with Gasteiger partial charge in [0.1, 0.15) is 12.6 Å². The van der Waals surface area contributed by atoms with Crippen molar-refractivity contribution in [2.75, 3.05) is 19.7 Å². The highest BCUT2D eigenvalue weighted by molar-refractivity contribution is 5.87. The van der Waals surface area contributed by atoms with E-state index >= 15 is 0 Å². The molecule has 2 amide bonds. The second-order valence-corrected chi connectivity index (χ2v) is 8.89. The molecule has 0 bridgehead atoms. The summed E-state index contributed by atoms with van der Waals surface area (Å²) in [5, 5.41) is 12.0. The number of carboxylic acids is 1. The standard InChI is InChI=1S/C25H26N2O5/c28-23(27-12-11-16(13-27)24(29)30)22(15-9-10-15)26-25(31)32-14-21-19-7-3-1-5-17(19)18-6-2-4-8-20(18)21/h1-8,15-16,21-22H,9-14H2,(H,26,31)(H,29,30). The van der Waals surface area contributed by atoms with Crippen LogP contribution in [0.25, 0.3) is 11.1 Å². The first-order chi connectivity index (χ1) is 15.5. The molecule has 2 fully saturated rings. The molecule has 1 saturated carbocycles. The normalized spacial score (nSPS) is 20.4. The van der Waals surface area contributed by atoms with Gasteiger partial charge in [-0.25, -0.2) is 4.79 Å². The number of amides is 2. The Bertz CT molecular complexity index is 1020. The van der Waals surface area contributed by atoms with Gasteiger partial charge in [0.05, 0.1) is 5.92 Å². The maximum absolute atomic E-state index is 13.0. The number of carboxylic acid groups (broad SMARTS) is 1. The molecule has 1 aliphatic heterocycles. The zero-order valence-electron chi connectivity index (χ0n) is 17.7. The lowest BCUT2D eigenvalue weighted by Gasteiger charge is -2.24. The number of ether oxygens (including phenoxy) is 1. The summed E-state index contributed by atoms with van der Waals surface area (Å²) in [6.45, 7) is 0.797. The fourth-order valence-electron chi connectivity index (χ4n) is 4.94. The van der Waals surface area contributed by atoms with Gasteiger partial charge in [-0.3, -0.25) is 9.59 Å². The van der Waals surface area contributed by atoms with Crippen LogP contribution in [0.1, 0.15) is 36.3 Å². The molecule has 7 heteroatoms. The van der Waals surface area contributed by atoms with Crippen molar-refractivity contribution >= 4 is 18.0 Å². The van der Waals surface area contributed by atoms with Crippen molar-refractivity contribution in [2.24, 2.45) is 11.8 Å². The predicted molar refractivity (Wildman–Crippen MR) is 117 cm³/mol. The summed E-state index contributed by atoms with van der Waals surface area (Å²) in [6.07, 6.45) is 1.58. The van der Waals surface area contributed by atoms with E-state index < -0.39 is 24.0 Å². The summed E-state index contributed by atoms with van der Waals surface area (Å²) < 4.78 is 5.61. The number of hydrogen-bond donors (Lipinski definition) is 2. The Hall–Kier alpha value is -3.35. The lowest BCUT2D eigenvalue weighted by molar-refractivity contribution is -0.141. The average Bonchev–Trinajstić information content (AvgIpc) is 3.42. The predicted octanol–water partition coefficient (Wildman–Crippen LogP) is 3.24. The SMILES string of the molecule is O=C(NC(C(=O)N1CCC(C(=O)O)C1)C1CC1)OCC1c2ccccc2-c2ccccc21. The van der Waals surface area contributed by atoms with Crippen LogP contribution >= 0.6 is 0 Å². The van der Waals surface area contributed by atoms with Crippen LogP contribution in [0, 0.1) is 11.8 Å². The molecule has 2 unspecified atom stereocenters. The van der Waals surface area contributed by atoms with Gasteiger partial charge in [0.2, 0.25) is 5.91 Å². The second-order valence-electron chi connectivity index (χ2n) is 8.89. The van der Waals surface area contributed by atoms with E-state index in [-0.39, 0.29) is 30.9 Å². The highest BCUT2D eigenvalue weighted by atomic mass is 16.5. The molecule has 1 heterocycles. The van der Waals surface area contributed by atoms with Crippen LogP contribution in [-0.2, 0) is 14.3 Å². The minimum absolute atomic E-state index is 0.0434. The van der Waals surface area contributed by atoms with Gasteiger partial charge in [0.15, 0.2) is 0 Å². The lowest BCUT2D eigenvalue weighted by atomic mass is 9.98. The van der Waals surface area contributed by atoms with Gasteiger partial charge in [0.25, 0.3) is 0 Å². The minimum atomic E-state index is -0.882. The van der Waals surface area contributed by atoms with Crippen molar-refractivity contribution < 1.29 is 24.2 Å². The van der Waals surface area contributed by atoms with E-state index in [0.29, 0.717) is 13.0 Å². The van der Waals surface area contributed by atoms with Crippen molar-refractivity contribution in [3.63, 3.8) is 0 Å². The van der Waals surface area contributed by atoms with Gasteiger partial charge in [-0.1, -0.05) is 48.5 Å². The summed E-state index contributed by atoms with van der Waals surface area (Å²) in [5.41, 5.74) is 4.58. The average molecular weight is 434 g/mol. The summed E-state index contributed by atoms with van der Waals surface area (Å²) in [5.74, 6) is -1.57. The number of hydrogen-bond acceptors (Lipinski definition) is 4. The van der Waals surface area contributed by atoms with E-state index in [1.165, 1.54) is 0 Å². The number of benzene rings is 2. The molecule has 0 radical (unpaired) electrons. The zero-order valence-corrected chi connectivity index (χ0v) is 17.7. The van der Waals surface area contributed by atoms with Crippen molar-refractivity contribution in [1.82, 2.24) is 10.2 Å². The van der Waals surface area contributed by atoms with Crippen LogP contribution in [0.3, 0.4) is 0 Å². The minimum Gasteiger partial charge on any atom is -0.481 e. The largest absolute Gasteiger partial charge is 0.481 e. The highest BCUT2D eigenvalue weighted by Crippen LogP contribution is 2.44. The Labute approximate surface area is 186 Å². The number of fused-ring (bicyclic) bond motifs is 3. The molecule has 1 saturated heterocycles. The number of nitrogens with one attached hydrogen (secondary N) is 1. The summed E-state index contributed by atoms with van der Waals surface area (Å²) in [4.78, 5) is 38.4. The molecule has 0 spiro atoms. The molecular weight excluding hydrogens is 408 g/mol. The maximum atomic E-state index is 13.0. The number of carbonyl (C=O) groups is 3. The summed E-state index contributed by atoms with van der Waals surface area (Å²) in [6, 6.07) is 15.6. The van der Waals surface area contributed by atoms with Crippen molar-refractivity contribution in [2.45, 2.75) is 31.2 Å². The molecule has 2 aromatic carbocycles. The highest BCUT2D eigenvalue weighted by Gasteiger charge is 2.42. The van der Waals surface area contributed by atoms with E-state index in [0.717, 1.165) is 35.1 Å². The van der Waals surface area contributed by atoms with E-state index in [1.807, 2.05) is 24.3 Å². The van der Waals surface area contributed by atoms with Gasteiger partial charge < -0.3 is 20.1 Å². The summed E-state index contributed by atoms with van der Waals surface area (Å²) >= 11 is 0. The Morgan fingerprint density at radius 1 is 1.00 bits per heavy atom. The monoisotopic (exact) mass is 434 g/mol. The lowest BCUT2D eigenvalue weighted by Crippen LogP contribution is -2.49. The molecule has 5 rings (SSSR count). The first kappa shape index (κ1) is 20.5. The number of rotatable bonds is 6. The van der Waals surface area contributed by atoms with E-state index in [1.54, 1.807) is 4.90 Å². The van der Waals surface area contributed by atoms with Crippen LogP contribution in [0.4, 0.5) is 4.79 Å². The van der Waals surface area contributed by atoms with Crippen molar-refractivity contribution in [3.8, 4) is 11.1 Å². The first-order valence-electron chi connectivity index (χ1n) is 11.2. The van der Waals surface area contributed by atoms with E-state index in [2.05, 4.69) is 29.6 Å². The summed E-state index contributed by atoms with van der Waals surface area (Å²) in [7, 11) is 0. The second kappa shape index (κ2) is 8.30.